The number of halogens is 1. The van der Waals surface area contributed by atoms with Crippen molar-refractivity contribution in [3.05, 3.63) is 0 Å². The molecular weight excluding hydrogens is 562 g/mol. The van der Waals surface area contributed by atoms with Crippen LogP contribution in [0, 0.1) is 0 Å². The molecule has 0 spiro atoms. The molecule has 2 unspecified atom stereocenters. The molecule has 0 aliphatic rings. The summed E-state index contributed by atoms with van der Waals surface area (Å²) >= 11 is 0. The third kappa shape index (κ3) is 32.8. The Hall–Kier alpha value is 0.320. The minimum Gasteiger partial charge on any atom is -0.372 e. The zero-order chi connectivity index (χ0) is 28.9. The van der Waals surface area contributed by atoms with Crippen LogP contribution in [0.1, 0.15) is 189 Å². The van der Waals surface area contributed by atoms with Crippen LogP contribution in [0.15, 0.2) is 0 Å². The smallest absolute Gasteiger partial charge is 0.182 e. The zero-order valence-electron chi connectivity index (χ0n) is 27.9. The number of ether oxygens (including phenoxy) is 2. The second-order valence-corrected chi connectivity index (χ2v) is 13.1. The molecule has 4 nitrogen and oxygen atoms in total. The first-order chi connectivity index (χ1) is 18.9. The van der Waals surface area contributed by atoms with E-state index >= 15 is 0 Å². The van der Waals surface area contributed by atoms with Crippen LogP contribution < -0.4 is 5.32 Å². The summed E-state index contributed by atoms with van der Waals surface area (Å²) in [5.41, 5.74) is -0.00711. The van der Waals surface area contributed by atoms with Crippen LogP contribution >= 0.6 is 17.0 Å². The minimum absolute atomic E-state index is 0. The maximum atomic E-state index is 10.7. The highest BCUT2D eigenvalue weighted by atomic mass is 79.9. The summed E-state index contributed by atoms with van der Waals surface area (Å²) in [6.45, 7) is 12.9. The molecule has 0 fully saturated rings. The van der Waals surface area contributed by atoms with Crippen LogP contribution in [0.2, 0.25) is 0 Å². The first-order valence-corrected chi connectivity index (χ1v) is 17.6. The van der Waals surface area contributed by atoms with Crippen molar-refractivity contribution in [2.75, 3.05) is 19.8 Å². The predicted octanol–water partition coefficient (Wildman–Crippen LogP) is 11.1. The summed E-state index contributed by atoms with van der Waals surface area (Å²) in [5.74, 6) is 0. The van der Waals surface area contributed by atoms with Gasteiger partial charge in [-0.25, -0.2) is 0 Å². The highest BCUT2D eigenvalue weighted by molar-refractivity contribution is 8.93. The van der Waals surface area contributed by atoms with E-state index in [1.807, 2.05) is 0 Å². The van der Waals surface area contributed by atoms with Crippen LogP contribution in [0.3, 0.4) is 0 Å². The molecule has 0 radical (unpaired) electrons. The Labute approximate surface area is 262 Å². The summed E-state index contributed by atoms with van der Waals surface area (Å²) in [7, 11) is 0. The molecule has 0 aromatic rings. The van der Waals surface area contributed by atoms with Gasteiger partial charge in [0, 0.05) is 25.3 Å². The van der Waals surface area contributed by atoms with Crippen molar-refractivity contribution in [3.8, 4) is 0 Å². The number of unbranched alkanes of at least 4 members (excludes halogenated alkanes) is 22. The average molecular weight is 637 g/mol. The molecule has 0 aliphatic heterocycles. The molecule has 2 atom stereocenters. The summed E-state index contributed by atoms with van der Waals surface area (Å²) in [6, 6.07) is 0. The topological polar surface area (TPSA) is 50.7 Å². The van der Waals surface area contributed by atoms with Crippen molar-refractivity contribution in [2.45, 2.75) is 207 Å². The number of hydrogen-bond donors (Lipinski definition) is 2. The summed E-state index contributed by atoms with van der Waals surface area (Å²) in [5, 5.41) is 14.2. The summed E-state index contributed by atoms with van der Waals surface area (Å²) < 4.78 is 11.9. The molecule has 0 saturated heterocycles. The molecule has 2 N–H and O–H groups in total. The average Bonchev–Trinajstić information content (AvgIpc) is 2.90. The standard InChI is InChI=1S/C35H73NO3.BrH/c1-6-8-10-12-14-16-18-20-22-24-26-28-30-38-33(32-36-35(3,4)5)34(37)39-31-29-27-25-23-21-19-17-15-13-11-9-7-2;/h33-34,36-37H,6-32H2,1-5H3;1H. The lowest BCUT2D eigenvalue weighted by Gasteiger charge is -2.28. The fourth-order valence-electron chi connectivity index (χ4n) is 5.08. The third-order valence-corrected chi connectivity index (χ3v) is 7.77. The number of hydrogen-bond acceptors (Lipinski definition) is 4. The van der Waals surface area contributed by atoms with Gasteiger partial charge in [-0.1, -0.05) is 155 Å². The molecule has 40 heavy (non-hydrogen) atoms. The van der Waals surface area contributed by atoms with Crippen LogP contribution in [0.25, 0.3) is 0 Å². The molecule has 244 valence electrons. The molecule has 5 heteroatoms. The first kappa shape index (κ1) is 42.5. The summed E-state index contributed by atoms with van der Waals surface area (Å²) in [4.78, 5) is 0. The second-order valence-electron chi connectivity index (χ2n) is 13.1. The van der Waals surface area contributed by atoms with Crippen LogP contribution in [0.4, 0.5) is 0 Å². The van der Waals surface area contributed by atoms with Crippen molar-refractivity contribution in [3.63, 3.8) is 0 Å². The summed E-state index contributed by atoms with van der Waals surface area (Å²) in [6.07, 6.45) is 30.9. The Bertz CT molecular complexity index is 472. The van der Waals surface area contributed by atoms with E-state index in [-0.39, 0.29) is 28.6 Å². The Morgan fingerprint density at radius 2 is 0.800 bits per heavy atom. The minimum atomic E-state index is -0.857. The van der Waals surface area contributed by atoms with Crippen LogP contribution in [0.5, 0.6) is 0 Å². The normalized spacial score (nSPS) is 13.3. The Kier molecular flexibility index (Phi) is 34.2. The Morgan fingerprint density at radius 1 is 0.500 bits per heavy atom. The molecule has 0 heterocycles. The fraction of sp³-hybridized carbons (Fsp3) is 1.00. The fourth-order valence-corrected chi connectivity index (χ4v) is 5.08. The number of aliphatic hydroxyl groups excluding tert-OH is 1. The van der Waals surface area contributed by atoms with Crippen molar-refractivity contribution in [1.82, 2.24) is 5.32 Å². The van der Waals surface area contributed by atoms with E-state index in [1.165, 1.54) is 141 Å². The maximum Gasteiger partial charge on any atom is 0.182 e. The SMILES string of the molecule is Br.CCCCCCCCCCCCCCOC(O)C(CNC(C)(C)C)OCCCCCCCCCCCCCC. The van der Waals surface area contributed by atoms with E-state index in [4.69, 9.17) is 9.47 Å². The van der Waals surface area contributed by atoms with E-state index in [0.717, 1.165) is 12.8 Å². The monoisotopic (exact) mass is 635 g/mol. The Balaban J connectivity index is 0. The number of rotatable bonds is 31. The van der Waals surface area contributed by atoms with Gasteiger partial charge in [0.2, 0.25) is 0 Å². The van der Waals surface area contributed by atoms with Gasteiger partial charge < -0.3 is 19.9 Å². The van der Waals surface area contributed by atoms with Gasteiger partial charge >= 0.3 is 0 Å². The molecule has 0 rings (SSSR count). The van der Waals surface area contributed by atoms with Gasteiger partial charge in [-0.15, -0.1) is 17.0 Å². The van der Waals surface area contributed by atoms with Gasteiger partial charge in [0.05, 0.1) is 0 Å². The van der Waals surface area contributed by atoms with E-state index in [0.29, 0.717) is 19.8 Å². The molecule has 0 saturated carbocycles. The van der Waals surface area contributed by atoms with Crippen molar-refractivity contribution in [1.29, 1.82) is 0 Å². The second kappa shape index (κ2) is 32.2. The lowest BCUT2D eigenvalue weighted by atomic mass is 10.1. The molecular formula is C35H74BrNO3. The Morgan fingerprint density at radius 3 is 1.12 bits per heavy atom. The molecule has 0 aliphatic carbocycles. The van der Waals surface area contributed by atoms with Gasteiger partial charge in [0.15, 0.2) is 6.29 Å². The zero-order valence-corrected chi connectivity index (χ0v) is 29.6. The predicted molar refractivity (Wildman–Crippen MR) is 182 cm³/mol. The number of aliphatic hydroxyl groups is 1. The van der Waals surface area contributed by atoms with E-state index in [1.54, 1.807) is 0 Å². The molecule has 0 aromatic heterocycles. The highest BCUT2D eigenvalue weighted by Crippen LogP contribution is 2.14. The quantitative estimate of drug-likeness (QED) is 0.0587. The molecule has 0 amide bonds. The molecule has 0 bridgehead atoms. The van der Waals surface area contributed by atoms with E-state index < -0.39 is 6.29 Å². The van der Waals surface area contributed by atoms with E-state index in [2.05, 4.69) is 39.9 Å². The van der Waals surface area contributed by atoms with Gasteiger partial charge in [0.25, 0.3) is 0 Å². The van der Waals surface area contributed by atoms with Crippen LogP contribution in [-0.4, -0.2) is 42.8 Å². The van der Waals surface area contributed by atoms with Gasteiger partial charge in [0.1, 0.15) is 6.10 Å². The van der Waals surface area contributed by atoms with E-state index in [9.17, 15) is 5.11 Å². The first-order valence-electron chi connectivity index (χ1n) is 17.6. The highest BCUT2D eigenvalue weighted by Gasteiger charge is 2.22. The van der Waals surface area contributed by atoms with Crippen molar-refractivity contribution in [2.24, 2.45) is 0 Å². The van der Waals surface area contributed by atoms with Crippen molar-refractivity contribution >= 4 is 17.0 Å². The largest absolute Gasteiger partial charge is 0.372 e. The van der Waals surface area contributed by atoms with Gasteiger partial charge in [-0.05, 0) is 33.6 Å². The van der Waals surface area contributed by atoms with Crippen LogP contribution in [-0.2, 0) is 9.47 Å². The molecule has 0 aromatic carbocycles. The third-order valence-electron chi connectivity index (χ3n) is 7.77. The van der Waals surface area contributed by atoms with Gasteiger partial charge in [-0.2, -0.15) is 0 Å². The maximum absolute atomic E-state index is 10.7. The van der Waals surface area contributed by atoms with Gasteiger partial charge in [-0.3, -0.25) is 0 Å². The lowest BCUT2D eigenvalue weighted by Crippen LogP contribution is -2.46. The number of nitrogens with one attached hydrogen (secondary N) is 1. The lowest BCUT2D eigenvalue weighted by molar-refractivity contribution is -0.178. The van der Waals surface area contributed by atoms with Crippen molar-refractivity contribution < 1.29 is 14.6 Å².